The number of aromatic carboxylic acids is 1. The van der Waals surface area contributed by atoms with E-state index < -0.39 is 5.97 Å². The minimum absolute atomic E-state index is 0.0313. The van der Waals surface area contributed by atoms with Crippen LogP contribution in [0.4, 0.5) is 0 Å². The summed E-state index contributed by atoms with van der Waals surface area (Å²) in [6, 6.07) is 7.13. The number of carboxylic acids is 1. The van der Waals surface area contributed by atoms with Gasteiger partial charge in [-0.25, -0.2) is 4.79 Å². The van der Waals surface area contributed by atoms with Crippen molar-refractivity contribution in [2.45, 2.75) is 38.8 Å². The lowest BCUT2D eigenvalue weighted by Crippen LogP contribution is -2.48. The van der Waals surface area contributed by atoms with Gasteiger partial charge >= 0.3 is 5.97 Å². The van der Waals surface area contributed by atoms with Crippen molar-refractivity contribution in [3.05, 3.63) is 35.4 Å². The Morgan fingerprint density at radius 2 is 2.05 bits per heavy atom. The van der Waals surface area contributed by atoms with Gasteiger partial charge in [-0.2, -0.15) is 0 Å². The molecule has 110 valence electrons. The average Bonchev–Trinajstić information content (AvgIpc) is 2.89. The van der Waals surface area contributed by atoms with Gasteiger partial charge in [0.15, 0.2) is 0 Å². The monoisotopic (exact) mass is 276 g/mol. The molecular weight excluding hydrogens is 252 g/mol. The molecule has 0 bridgehead atoms. The number of carboxylic acid groups (broad SMARTS) is 1. The van der Waals surface area contributed by atoms with E-state index in [0.29, 0.717) is 12.1 Å². The fraction of sp³-hybridized carbons (Fsp3) is 0.562. The van der Waals surface area contributed by atoms with Crippen LogP contribution < -0.4 is 5.32 Å². The largest absolute Gasteiger partial charge is 0.478 e. The number of benzene rings is 1. The number of likely N-dealkylation sites (tertiary alicyclic amines) is 1. The van der Waals surface area contributed by atoms with Crippen molar-refractivity contribution in [1.82, 2.24) is 10.2 Å². The van der Waals surface area contributed by atoms with E-state index in [1.807, 2.05) is 6.07 Å². The summed E-state index contributed by atoms with van der Waals surface area (Å²) in [6.07, 6.45) is 2.60. The predicted octanol–water partition coefficient (Wildman–Crippen LogP) is 2.35. The van der Waals surface area contributed by atoms with Crippen LogP contribution in [0, 0.1) is 0 Å². The lowest BCUT2D eigenvalue weighted by molar-refractivity contribution is 0.0696. The Balaban J connectivity index is 1.89. The van der Waals surface area contributed by atoms with E-state index in [9.17, 15) is 4.79 Å². The van der Waals surface area contributed by atoms with Gasteiger partial charge in [0.05, 0.1) is 5.56 Å². The first-order valence-electron chi connectivity index (χ1n) is 7.26. The van der Waals surface area contributed by atoms with E-state index in [4.69, 9.17) is 5.11 Å². The Hall–Kier alpha value is -1.39. The van der Waals surface area contributed by atoms with Gasteiger partial charge in [0.25, 0.3) is 0 Å². The number of hydrogen-bond acceptors (Lipinski definition) is 3. The van der Waals surface area contributed by atoms with E-state index in [1.165, 1.54) is 25.9 Å². The minimum atomic E-state index is -0.872. The SMILES string of the molecule is CC(C)(CN1CCCC1)NCc1cccc(C(=O)O)c1. The molecule has 1 fully saturated rings. The van der Waals surface area contributed by atoms with Gasteiger partial charge in [-0.05, 0) is 57.5 Å². The number of nitrogens with zero attached hydrogens (tertiary/aromatic N) is 1. The minimum Gasteiger partial charge on any atom is -0.478 e. The average molecular weight is 276 g/mol. The lowest BCUT2D eigenvalue weighted by atomic mass is 10.0. The van der Waals surface area contributed by atoms with E-state index in [1.54, 1.807) is 18.2 Å². The summed E-state index contributed by atoms with van der Waals surface area (Å²) in [5.74, 6) is -0.872. The van der Waals surface area contributed by atoms with Crippen LogP contribution in [-0.2, 0) is 6.54 Å². The molecule has 1 saturated heterocycles. The fourth-order valence-electron chi connectivity index (χ4n) is 2.71. The zero-order valence-electron chi connectivity index (χ0n) is 12.4. The molecule has 0 aliphatic carbocycles. The van der Waals surface area contributed by atoms with E-state index in [-0.39, 0.29) is 5.54 Å². The molecule has 1 heterocycles. The molecule has 0 atom stereocenters. The summed E-state index contributed by atoms with van der Waals surface area (Å²) < 4.78 is 0. The number of nitrogens with one attached hydrogen (secondary N) is 1. The first-order valence-corrected chi connectivity index (χ1v) is 7.26. The van der Waals surface area contributed by atoms with Gasteiger partial charge in [-0.3, -0.25) is 0 Å². The first-order chi connectivity index (χ1) is 9.46. The van der Waals surface area contributed by atoms with Gasteiger partial charge in [-0.15, -0.1) is 0 Å². The Morgan fingerprint density at radius 3 is 2.70 bits per heavy atom. The van der Waals surface area contributed by atoms with Crippen molar-refractivity contribution in [2.24, 2.45) is 0 Å². The zero-order valence-corrected chi connectivity index (χ0v) is 12.4. The number of rotatable bonds is 6. The molecule has 4 heteroatoms. The molecule has 0 spiro atoms. The van der Waals surface area contributed by atoms with Crippen molar-refractivity contribution in [2.75, 3.05) is 19.6 Å². The van der Waals surface area contributed by atoms with Crippen molar-refractivity contribution >= 4 is 5.97 Å². The van der Waals surface area contributed by atoms with Gasteiger partial charge in [0.2, 0.25) is 0 Å². The molecular formula is C16H24N2O2. The van der Waals surface area contributed by atoms with Crippen LogP contribution in [-0.4, -0.2) is 41.1 Å². The van der Waals surface area contributed by atoms with Crippen molar-refractivity contribution in [3.63, 3.8) is 0 Å². The highest BCUT2D eigenvalue weighted by molar-refractivity contribution is 5.87. The highest BCUT2D eigenvalue weighted by Gasteiger charge is 2.23. The van der Waals surface area contributed by atoms with Crippen LogP contribution in [0.5, 0.6) is 0 Å². The molecule has 0 amide bonds. The Kier molecular flexibility index (Phi) is 4.78. The molecule has 1 aliphatic heterocycles. The highest BCUT2D eigenvalue weighted by Crippen LogP contribution is 2.14. The third kappa shape index (κ3) is 4.32. The van der Waals surface area contributed by atoms with E-state index in [0.717, 1.165) is 12.1 Å². The van der Waals surface area contributed by atoms with Crippen molar-refractivity contribution in [1.29, 1.82) is 0 Å². The molecule has 1 aromatic carbocycles. The molecule has 2 rings (SSSR count). The van der Waals surface area contributed by atoms with Crippen LogP contribution in [0.1, 0.15) is 42.6 Å². The van der Waals surface area contributed by atoms with Crippen LogP contribution in [0.25, 0.3) is 0 Å². The third-order valence-corrected chi connectivity index (χ3v) is 3.76. The quantitative estimate of drug-likeness (QED) is 0.837. The van der Waals surface area contributed by atoms with Crippen LogP contribution in [0.15, 0.2) is 24.3 Å². The van der Waals surface area contributed by atoms with Crippen molar-refractivity contribution in [3.8, 4) is 0 Å². The van der Waals surface area contributed by atoms with Crippen LogP contribution in [0.3, 0.4) is 0 Å². The second kappa shape index (κ2) is 6.37. The summed E-state index contributed by atoms with van der Waals surface area (Å²) >= 11 is 0. The van der Waals surface area contributed by atoms with Crippen LogP contribution in [0.2, 0.25) is 0 Å². The third-order valence-electron chi connectivity index (χ3n) is 3.76. The van der Waals surface area contributed by atoms with Gasteiger partial charge < -0.3 is 15.3 Å². The summed E-state index contributed by atoms with van der Waals surface area (Å²) in [4.78, 5) is 13.4. The van der Waals surface area contributed by atoms with Gasteiger partial charge in [-0.1, -0.05) is 12.1 Å². The maximum atomic E-state index is 11.0. The molecule has 2 N–H and O–H groups in total. The first kappa shape index (κ1) is 15.0. The Bertz CT molecular complexity index is 465. The number of carbonyl (C=O) groups is 1. The summed E-state index contributed by atoms with van der Waals surface area (Å²) in [6.45, 7) is 8.52. The molecule has 1 aromatic rings. The van der Waals surface area contributed by atoms with E-state index in [2.05, 4.69) is 24.1 Å². The maximum Gasteiger partial charge on any atom is 0.335 e. The molecule has 0 radical (unpaired) electrons. The van der Waals surface area contributed by atoms with Crippen LogP contribution >= 0.6 is 0 Å². The molecule has 4 nitrogen and oxygen atoms in total. The predicted molar refractivity (Wildman–Crippen MR) is 80.0 cm³/mol. The molecule has 0 unspecified atom stereocenters. The summed E-state index contributed by atoms with van der Waals surface area (Å²) in [5.41, 5.74) is 1.39. The Morgan fingerprint density at radius 1 is 1.35 bits per heavy atom. The standard InChI is InChI=1S/C16H24N2O2/c1-16(2,12-18-8-3-4-9-18)17-11-13-6-5-7-14(10-13)15(19)20/h5-7,10,17H,3-4,8-9,11-12H2,1-2H3,(H,19,20). The smallest absolute Gasteiger partial charge is 0.335 e. The Labute approximate surface area is 120 Å². The highest BCUT2D eigenvalue weighted by atomic mass is 16.4. The lowest BCUT2D eigenvalue weighted by Gasteiger charge is -2.31. The maximum absolute atomic E-state index is 11.0. The molecule has 1 aliphatic rings. The number of hydrogen-bond donors (Lipinski definition) is 2. The molecule has 0 aromatic heterocycles. The normalized spacial score (nSPS) is 16.5. The van der Waals surface area contributed by atoms with Gasteiger partial charge in [0, 0.05) is 18.6 Å². The fourth-order valence-corrected chi connectivity index (χ4v) is 2.71. The summed E-state index contributed by atoms with van der Waals surface area (Å²) in [7, 11) is 0. The van der Waals surface area contributed by atoms with Gasteiger partial charge in [0.1, 0.15) is 0 Å². The summed E-state index contributed by atoms with van der Waals surface area (Å²) in [5, 5.41) is 12.5. The van der Waals surface area contributed by atoms with Crippen molar-refractivity contribution < 1.29 is 9.90 Å². The second-order valence-corrected chi connectivity index (χ2v) is 6.23. The van der Waals surface area contributed by atoms with E-state index >= 15 is 0 Å². The molecule has 20 heavy (non-hydrogen) atoms. The topological polar surface area (TPSA) is 52.6 Å². The molecule has 0 saturated carbocycles. The second-order valence-electron chi connectivity index (χ2n) is 6.23. The zero-order chi connectivity index (χ0) is 14.6.